The summed E-state index contributed by atoms with van der Waals surface area (Å²) in [4.78, 5) is 2.49. The minimum absolute atomic E-state index is 0.801. The lowest BCUT2D eigenvalue weighted by Crippen LogP contribution is -2.35. The molecular weight excluding hydrogens is 226 g/mol. The second-order valence-electron chi connectivity index (χ2n) is 5.32. The van der Waals surface area contributed by atoms with Crippen LogP contribution in [-0.4, -0.2) is 45.8 Å². The molecule has 0 radical (unpaired) electrons. The fourth-order valence-corrected chi connectivity index (χ4v) is 2.59. The van der Waals surface area contributed by atoms with Crippen LogP contribution in [0.5, 0.6) is 0 Å². The van der Waals surface area contributed by atoms with Gasteiger partial charge in [0.1, 0.15) is 11.6 Å². The maximum absolute atomic E-state index is 4.15. The van der Waals surface area contributed by atoms with Gasteiger partial charge in [0.25, 0.3) is 0 Å². The molecule has 0 unspecified atom stereocenters. The lowest BCUT2D eigenvalue weighted by atomic mass is 10.2. The standard InChI is InChI=1S/C13H25N5/c1-11-15-16-13(18(11)3)10-14-8-9-17(2)12-6-4-5-7-12/h12,14H,4-10H2,1-3H3. The minimum atomic E-state index is 0.801. The Morgan fingerprint density at radius 3 is 2.67 bits per heavy atom. The van der Waals surface area contributed by atoms with Crippen molar-refractivity contribution in [1.82, 2.24) is 25.0 Å². The molecule has 5 nitrogen and oxygen atoms in total. The predicted molar refractivity (Wildman–Crippen MR) is 72.3 cm³/mol. The fraction of sp³-hybridized carbons (Fsp3) is 0.846. The molecule has 0 aliphatic heterocycles. The first-order valence-corrected chi connectivity index (χ1v) is 6.94. The van der Waals surface area contributed by atoms with Crippen molar-refractivity contribution in [2.24, 2.45) is 7.05 Å². The lowest BCUT2D eigenvalue weighted by Gasteiger charge is -2.23. The van der Waals surface area contributed by atoms with Crippen molar-refractivity contribution in [3.63, 3.8) is 0 Å². The van der Waals surface area contributed by atoms with Gasteiger partial charge in [0, 0.05) is 26.2 Å². The van der Waals surface area contributed by atoms with Crippen LogP contribution in [0, 0.1) is 6.92 Å². The Balaban J connectivity index is 1.65. The van der Waals surface area contributed by atoms with E-state index in [9.17, 15) is 0 Å². The normalized spacial score (nSPS) is 16.9. The summed E-state index contributed by atoms with van der Waals surface area (Å²) in [6.45, 7) is 4.90. The molecule has 2 rings (SSSR count). The van der Waals surface area contributed by atoms with Gasteiger partial charge in [0.05, 0.1) is 6.54 Å². The Morgan fingerprint density at radius 1 is 1.33 bits per heavy atom. The highest BCUT2D eigenvalue weighted by molar-refractivity contribution is 4.91. The van der Waals surface area contributed by atoms with Crippen LogP contribution in [0.25, 0.3) is 0 Å². The monoisotopic (exact) mass is 251 g/mol. The van der Waals surface area contributed by atoms with Crippen molar-refractivity contribution < 1.29 is 0 Å². The highest BCUT2D eigenvalue weighted by Crippen LogP contribution is 2.21. The summed E-state index contributed by atoms with van der Waals surface area (Å²) in [6.07, 6.45) is 5.55. The van der Waals surface area contributed by atoms with Crippen LogP contribution in [0.1, 0.15) is 37.3 Å². The van der Waals surface area contributed by atoms with Crippen LogP contribution in [-0.2, 0) is 13.6 Å². The molecule has 0 spiro atoms. The van der Waals surface area contributed by atoms with E-state index in [1.54, 1.807) is 0 Å². The molecule has 1 N–H and O–H groups in total. The second-order valence-corrected chi connectivity index (χ2v) is 5.32. The molecule has 0 amide bonds. The van der Waals surface area contributed by atoms with E-state index < -0.39 is 0 Å². The largest absolute Gasteiger partial charge is 0.317 e. The summed E-state index contributed by atoms with van der Waals surface area (Å²) in [6, 6.07) is 0.809. The Kier molecular flexibility index (Phi) is 4.72. The summed E-state index contributed by atoms with van der Waals surface area (Å²) < 4.78 is 2.04. The van der Waals surface area contributed by atoms with Crippen LogP contribution >= 0.6 is 0 Å². The Morgan fingerprint density at radius 2 is 2.06 bits per heavy atom. The quantitative estimate of drug-likeness (QED) is 0.769. The van der Waals surface area contributed by atoms with Crippen LogP contribution in [0.4, 0.5) is 0 Å². The third-order valence-corrected chi connectivity index (χ3v) is 4.06. The van der Waals surface area contributed by atoms with E-state index in [-0.39, 0.29) is 0 Å². The van der Waals surface area contributed by atoms with Gasteiger partial charge in [-0.25, -0.2) is 0 Å². The molecule has 1 aliphatic rings. The molecule has 0 saturated heterocycles. The number of likely N-dealkylation sites (N-methyl/N-ethyl adjacent to an activating group) is 1. The van der Waals surface area contributed by atoms with Gasteiger partial charge >= 0.3 is 0 Å². The van der Waals surface area contributed by atoms with Crippen molar-refractivity contribution in [1.29, 1.82) is 0 Å². The van der Waals surface area contributed by atoms with Crippen LogP contribution in [0.15, 0.2) is 0 Å². The van der Waals surface area contributed by atoms with Gasteiger partial charge in [0.15, 0.2) is 0 Å². The number of nitrogens with one attached hydrogen (secondary N) is 1. The Hall–Kier alpha value is -0.940. The number of aryl methyl sites for hydroxylation is 1. The highest BCUT2D eigenvalue weighted by Gasteiger charge is 2.18. The number of aromatic nitrogens is 3. The van der Waals surface area contributed by atoms with E-state index in [4.69, 9.17) is 0 Å². The van der Waals surface area contributed by atoms with Crippen molar-refractivity contribution in [2.45, 2.75) is 45.2 Å². The number of hydrogen-bond donors (Lipinski definition) is 1. The molecule has 5 heteroatoms. The molecule has 102 valence electrons. The maximum Gasteiger partial charge on any atom is 0.146 e. The number of hydrogen-bond acceptors (Lipinski definition) is 4. The van der Waals surface area contributed by atoms with Gasteiger partial charge in [-0.3, -0.25) is 0 Å². The van der Waals surface area contributed by atoms with Crippen LogP contribution in [0.2, 0.25) is 0 Å². The zero-order chi connectivity index (χ0) is 13.0. The SMILES string of the molecule is Cc1nnc(CNCCN(C)C2CCCC2)n1C. The van der Waals surface area contributed by atoms with E-state index in [0.717, 1.165) is 37.3 Å². The zero-order valence-corrected chi connectivity index (χ0v) is 11.8. The molecule has 0 aromatic carbocycles. The second kappa shape index (κ2) is 6.29. The summed E-state index contributed by atoms with van der Waals surface area (Å²) in [5, 5.41) is 11.6. The Bertz CT molecular complexity index is 367. The zero-order valence-electron chi connectivity index (χ0n) is 11.8. The smallest absolute Gasteiger partial charge is 0.146 e. The van der Waals surface area contributed by atoms with Gasteiger partial charge < -0.3 is 14.8 Å². The molecule has 0 atom stereocenters. The van der Waals surface area contributed by atoms with E-state index >= 15 is 0 Å². The molecule has 1 aromatic rings. The molecular formula is C13H25N5. The van der Waals surface area contributed by atoms with E-state index in [2.05, 4.69) is 27.5 Å². The molecule has 18 heavy (non-hydrogen) atoms. The van der Waals surface area contributed by atoms with E-state index in [1.165, 1.54) is 25.7 Å². The highest BCUT2D eigenvalue weighted by atomic mass is 15.3. The van der Waals surface area contributed by atoms with Gasteiger partial charge in [-0.05, 0) is 26.8 Å². The molecule has 1 fully saturated rings. The molecule has 0 bridgehead atoms. The first-order chi connectivity index (χ1) is 8.68. The lowest BCUT2D eigenvalue weighted by molar-refractivity contribution is 0.245. The summed E-state index contributed by atoms with van der Waals surface area (Å²) in [5.74, 6) is 1.98. The van der Waals surface area contributed by atoms with Crippen molar-refractivity contribution in [2.75, 3.05) is 20.1 Å². The van der Waals surface area contributed by atoms with Crippen molar-refractivity contribution >= 4 is 0 Å². The maximum atomic E-state index is 4.15. The molecule has 1 aromatic heterocycles. The van der Waals surface area contributed by atoms with E-state index in [1.807, 2.05) is 18.5 Å². The van der Waals surface area contributed by atoms with Gasteiger partial charge in [-0.2, -0.15) is 0 Å². The summed E-state index contributed by atoms with van der Waals surface area (Å²) in [5.41, 5.74) is 0. The molecule has 1 heterocycles. The van der Waals surface area contributed by atoms with Gasteiger partial charge in [-0.15, -0.1) is 10.2 Å². The average Bonchev–Trinajstić information content (AvgIpc) is 2.99. The predicted octanol–water partition coefficient (Wildman–Crippen LogP) is 1.09. The van der Waals surface area contributed by atoms with Crippen molar-refractivity contribution in [3.05, 3.63) is 11.6 Å². The average molecular weight is 251 g/mol. The first kappa shape index (κ1) is 13.5. The minimum Gasteiger partial charge on any atom is -0.317 e. The van der Waals surface area contributed by atoms with E-state index in [0.29, 0.717) is 0 Å². The fourth-order valence-electron chi connectivity index (χ4n) is 2.59. The van der Waals surface area contributed by atoms with Crippen LogP contribution in [0.3, 0.4) is 0 Å². The number of rotatable bonds is 6. The van der Waals surface area contributed by atoms with Gasteiger partial charge in [0.2, 0.25) is 0 Å². The topological polar surface area (TPSA) is 46.0 Å². The van der Waals surface area contributed by atoms with Crippen LogP contribution < -0.4 is 5.32 Å². The number of nitrogens with zero attached hydrogens (tertiary/aromatic N) is 4. The summed E-state index contributed by atoms with van der Waals surface area (Å²) in [7, 11) is 4.25. The summed E-state index contributed by atoms with van der Waals surface area (Å²) >= 11 is 0. The van der Waals surface area contributed by atoms with Crippen molar-refractivity contribution in [3.8, 4) is 0 Å². The first-order valence-electron chi connectivity index (χ1n) is 6.94. The Labute approximate surface area is 110 Å². The molecule has 1 aliphatic carbocycles. The third-order valence-electron chi connectivity index (χ3n) is 4.06. The third kappa shape index (κ3) is 3.29. The molecule has 1 saturated carbocycles. The van der Waals surface area contributed by atoms with Gasteiger partial charge in [-0.1, -0.05) is 12.8 Å².